The van der Waals surface area contributed by atoms with Gasteiger partial charge in [0.25, 0.3) is 0 Å². The second-order valence-corrected chi connectivity index (χ2v) is 12.8. The molecule has 1 aliphatic rings. The predicted molar refractivity (Wildman–Crippen MR) is 223 cm³/mol. The fraction of sp³-hybridized carbons (Fsp3) is 0.156. The van der Waals surface area contributed by atoms with E-state index in [0.717, 1.165) is 76.4 Å². The molecule has 9 rings (SSSR count). The molecule has 0 saturated heterocycles. The van der Waals surface area contributed by atoms with Crippen LogP contribution < -0.4 is 15.5 Å². The van der Waals surface area contributed by atoms with Gasteiger partial charge in [-0.25, -0.2) is 14.8 Å². The lowest BCUT2D eigenvalue weighted by atomic mass is 10.1. The van der Waals surface area contributed by atoms with E-state index in [1.54, 1.807) is 0 Å². The van der Waals surface area contributed by atoms with Crippen LogP contribution in [0.3, 0.4) is 0 Å². The molecule has 0 saturated carbocycles. The summed E-state index contributed by atoms with van der Waals surface area (Å²) in [5.41, 5.74) is 10.0. The number of para-hydroxylation sites is 5. The molecular formula is C45H43N7O2. The Hall–Kier alpha value is -6.74. The third kappa shape index (κ3) is 8.48. The number of rotatable bonds is 7. The fourth-order valence-electron chi connectivity index (χ4n) is 6.44. The first-order chi connectivity index (χ1) is 26.5. The smallest absolute Gasteiger partial charge is 0.336 e. The van der Waals surface area contributed by atoms with E-state index in [9.17, 15) is 4.79 Å². The number of aromatic amines is 2. The van der Waals surface area contributed by atoms with Crippen LogP contribution in [0.15, 0.2) is 148 Å². The van der Waals surface area contributed by atoms with Gasteiger partial charge in [0.15, 0.2) is 0 Å². The summed E-state index contributed by atoms with van der Waals surface area (Å²) in [6.07, 6.45) is 4.87. The summed E-state index contributed by atoms with van der Waals surface area (Å²) in [5, 5.41) is 7.75. The second-order valence-electron chi connectivity index (χ2n) is 12.8. The first-order valence-corrected chi connectivity index (χ1v) is 18.3. The van der Waals surface area contributed by atoms with Crippen LogP contribution in [0.25, 0.3) is 45.2 Å². The van der Waals surface area contributed by atoms with Crippen LogP contribution in [0.5, 0.6) is 0 Å². The highest BCUT2D eigenvalue weighted by atomic mass is 16.4. The zero-order chi connectivity index (χ0) is 37.3. The minimum absolute atomic E-state index is 0.285. The number of aromatic nitrogens is 4. The van der Waals surface area contributed by atoms with Crippen molar-refractivity contribution in [2.75, 3.05) is 29.5 Å². The van der Waals surface area contributed by atoms with Crippen LogP contribution in [0, 0.1) is 6.92 Å². The van der Waals surface area contributed by atoms with E-state index in [0.29, 0.717) is 5.58 Å². The van der Waals surface area contributed by atoms with Crippen molar-refractivity contribution in [3.8, 4) is 0 Å². The molecule has 0 atom stereocenters. The van der Waals surface area contributed by atoms with Crippen LogP contribution >= 0.6 is 0 Å². The molecule has 9 heteroatoms. The Morgan fingerprint density at radius 1 is 0.722 bits per heavy atom. The molecule has 4 heterocycles. The quantitative estimate of drug-likeness (QED) is 0.159. The van der Waals surface area contributed by atoms with Gasteiger partial charge in [0.2, 0.25) is 0 Å². The Morgan fingerprint density at radius 3 is 1.89 bits per heavy atom. The second kappa shape index (κ2) is 16.7. The summed E-state index contributed by atoms with van der Waals surface area (Å²) >= 11 is 0. The average Bonchev–Trinajstić information content (AvgIpc) is 3.97. The number of hydrogen-bond acceptors (Lipinski definition) is 7. The number of anilines is 2. The number of nitrogens with zero attached hydrogens (tertiary/aromatic N) is 5. The van der Waals surface area contributed by atoms with Gasteiger partial charge in [0.1, 0.15) is 17.2 Å². The number of aryl methyl sites for hydroxylation is 1. The monoisotopic (exact) mass is 713 g/mol. The van der Waals surface area contributed by atoms with Crippen LogP contribution in [-0.4, -0.2) is 45.3 Å². The van der Waals surface area contributed by atoms with Gasteiger partial charge in [0, 0.05) is 49.3 Å². The Balaban J connectivity index is 0.000000126. The highest BCUT2D eigenvalue weighted by Gasteiger charge is 2.16. The van der Waals surface area contributed by atoms with Crippen molar-refractivity contribution in [1.82, 2.24) is 19.9 Å². The minimum atomic E-state index is -0.285. The number of imidazole rings is 2. The number of hydrogen-bond donors (Lipinski definition) is 2. The molecular weight excluding hydrogens is 671 g/mol. The maximum atomic E-state index is 11.3. The first-order valence-electron chi connectivity index (χ1n) is 18.3. The molecule has 1 aliphatic heterocycles. The Labute approximate surface area is 314 Å². The van der Waals surface area contributed by atoms with Gasteiger partial charge in [-0.05, 0) is 92.6 Å². The van der Waals surface area contributed by atoms with Crippen molar-refractivity contribution in [1.29, 1.82) is 0 Å². The lowest BCUT2D eigenvalue weighted by Gasteiger charge is -2.21. The van der Waals surface area contributed by atoms with E-state index >= 15 is 0 Å². The van der Waals surface area contributed by atoms with Crippen molar-refractivity contribution in [2.45, 2.75) is 27.2 Å². The van der Waals surface area contributed by atoms with Crippen LogP contribution in [-0.2, 0) is 0 Å². The fourth-order valence-corrected chi connectivity index (χ4v) is 6.44. The number of hydrazone groups is 1. The Kier molecular flexibility index (Phi) is 11.0. The molecule has 0 radical (unpaired) electrons. The molecule has 3 aromatic heterocycles. The highest BCUT2D eigenvalue weighted by molar-refractivity contribution is 6.02. The number of fused-ring (bicyclic) bond motifs is 3. The third-order valence-corrected chi connectivity index (χ3v) is 9.24. The van der Waals surface area contributed by atoms with Crippen LogP contribution in [0.4, 0.5) is 11.4 Å². The molecule has 0 aliphatic carbocycles. The lowest BCUT2D eigenvalue weighted by Crippen LogP contribution is -2.21. The Bertz CT molecular complexity index is 2440. The molecule has 54 heavy (non-hydrogen) atoms. The van der Waals surface area contributed by atoms with Crippen molar-refractivity contribution in [3.63, 3.8) is 0 Å². The van der Waals surface area contributed by atoms with Gasteiger partial charge in [-0.3, -0.25) is 5.01 Å². The zero-order valence-electron chi connectivity index (χ0n) is 30.7. The van der Waals surface area contributed by atoms with Crippen LogP contribution in [0.1, 0.15) is 43.0 Å². The maximum Gasteiger partial charge on any atom is 0.336 e. The van der Waals surface area contributed by atoms with Gasteiger partial charge in [-0.2, -0.15) is 5.10 Å². The molecule has 0 fully saturated rings. The molecule has 8 aromatic rings. The van der Waals surface area contributed by atoms with E-state index in [-0.39, 0.29) is 5.63 Å². The molecule has 0 amide bonds. The van der Waals surface area contributed by atoms with E-state index in [1.165, 1.54) is 23.0 Å². The van der Waals surface area contributed by atoms with Gasteiger partial charge in [-0.1, -0.05) is 72.8 Å². The zero-order valence-corrected chi connectivity index (χ0v) is 30.7. The minimum Gasteiger partial charge on any atom is -0.423 e. The maximum absolute atomic E-state index is 11.3. The summed E-state index contributed by atoms with van der Waals surface area (Å²) in [4.78, 5) is 29.1. The van der Waals surface area contributed by atoms with Gasteiger partial charge in [-0.15, -0.1) is 0 Å². The summed E-state index contributed by atoms with van der Waals surface area (Å²) < 4.78 is 5.24. The van der Waals surface area contributed by atoms with Gasteiger partial charge < -0.3 is 19.3 Å². The Morgan fingerprint density at radius 2 is 1.30 bits per heavy atom. The standard InChI is InChI=1S/C16H12N4.C15H14N2.C14H17NO2/c1-2-6-12-11(5-1)17-15(18-12)9-10-16-19-13-7-3-4-8-14(13)20-16;1-3-7-13(8-4-1)15-11-12-17(16-15)14-9-5-2-6-10-14;1-4-15(5-2)11-6-7-12-10(3)8-14(16)17-13(12)9-11/h1-10H,(H,17,18)(H,19,20);1-10H,11-12H2;6-9H,4-5H2,1-3H3. The predicted octanol–water partition coefficient (Wildman–Crippen LogP) is 9.86. The number of nitrogens with one attached hydrogen (secondary N) is 2. The summed E-state index contributed by atoms with van der Waals surface area (Å²) in [6, 6.07) is 44.2. The van der Waals surface area contributed by atoms with Gasteiger partial charge >= 0.3 is 5.63 Å². The summed E-state index contributed by atoms with van der Waals surface area (Å²) in [5.74, 6) is 1.65. The van der Waals surface area contributed by atoms with Crippen molar-refractivity contribution in [3.05, 3.63) is 167 Å². The van der Waals surface area contributed by atoms with Crippen molar-refractivity contribution < 1.29 is 4.42 Å². The summed E-state index contributed by atoms with van der Waals surface area (Å²) in [6.45, 7) is 9.00. The molecule has 270 valence electrons. The normalized spacial score (nSPS) is 12.4. The topological polar surface area (TPSA) is 106 Å². The van der Waals surface area contributed by atoms with E-state index in [2.05, 4.69) is 91.3 Å². The summed E-state index contributed by atoms with van der Waals surface area (Å²) in [7, 11) is 0. The highest BCUT2D eigenvalue weighted by Crippen LogP contribution is 2.24. The molecule has 0 spiro atoms. The van der Waals surface area contributed by atoms with Crippen LogP contribution in [0.2, 0.25) is 0 Å². The van der Waals surface area contributed by atoms with E-state index in [1.807, 2.05) is 104 Å². The largest absolute Gasteiger partial charge is 0.423 e. The van der Waals surface area contributed by atoms with E-state index in [4.69, 9.17) is 4.42 Å². The number of H-pyrrole nitrogens is 2. The molecule has 0 bridgehead atoms. The molecule has 0 unspecified atom stereocenters. The van der Waals surface area contributed by atoms with E-state index < -0.39 is 0 Å². The first kappa shape index (κ1) is 35.7. The van der Waals surface area contributed by atoms with Crippen molar-refractivity contribution >= 4 is 62.3 Å². The van der Waals surface area contributed by atoms with Crippen molar-refractivity contribution in [2.24, 2.45) is 5.10 Å². The molecule has 2 N–H and O–H groups in total. The SMILES string of the molecule is C(=Cc1nc2ccccc2[nH]1)c1nc2ccccc2[nH]1.CCN(CC)c1ccc2c(C)cc(=O)oc2c1.c1ccc(C2=NN(c3ccccc3)CC2)cc1. The lowest BCUT2D eigenvalue weighted by molar-refractivity contribution is 0.560. The molecule has 5 aromatic carbocycles. The molecule has 9 nitrogen and oxygen atoms in total. The van der Waals surface area contributed by atoms with Gasteiger partial charge in [0.05, 0.1) is 33.5 Å². The third-order valence-electron chi connectivity index (χ3n) is 9.24. The number of benzene rings is 5. The average molecular weight is 714 g/mol.